The van der Waals surface area contributed by atoms with Crippen LogP contribution < -0.4 is 15.2 Å². The average Bonchev–Trinajstić information content (AvgIpc) is 2.83. The summed E-state index contributed by atoms with van der Waals surface area (Å²) in [5, 5.41) is 0. The smallest absolute Gasteiger partial charge is 0.124 e. The summed E-state index contributed by atoms with van der Waals surface area (Å²) in [4.78, 5) is 1.08. The number of hydrogen-bond donors (Lipinski definition) is 1. The quantitative estimate of drug-likeness (QED) is 0.933. The second-order valence-electron chi connectivity index (χ2n) is 3.73. The van der Waals surface area contributed by atoms with Crippen LogP contribution in [0.4, 0.5) is 0 Å². The third-order valence-corrected chi connectivity index (χ3v) is 4.38. The number of nitrogens with two attached hydrogens (primary N) is 1. The highest BCUT2D eigenvalue weighted by Gasteiger charge is 2.16. The highest BCUT2D eigenvalue weighted by Crippen LogP contribution is 2.35. The van der Waals surface area contributed by atoms with Gasteiger partial charge in [0, 0.05) is 10.4 Å². The minimum Gasteiger partial charge on any atom is -0.497 e. The van der Waals surface area contributed by atoms with Gasteiger partial charge in [-0.25, -0.2) is 0 Å². The zero-order valence-corrected chi connectivity index (χ0v) is 12.5. The molecule has 0 aliphatic rings. The van der Waals surface area contributed by atoms with Crippen molar-refractivity contribution >= 4 is 27.3 Å². The first-order valence-electron chi connectivity index (χ1n) is 5.38. The lowest BCUT2D eigenvalue weighted by Crippen LogP contribution is -2.11. The molecular weight excluding hydrogens is 314 g/mol. The van der Waals surface area contributed by atoms with Gasteiger partial charge in [-0.2, -0.15) is 0 Å². The van der Waals surface area contributed by atoms with Crippen LogP contribution in [0, 0.1) is 0 Å². The first-order valence-corrected chi connectivity index (χ1v) is 6.99. The summed E-state index contributed by atoms with van der Waals surface area (Å²) in [5.74, 6) is 1.55. The molecule has 5 heteroatoms. The van der Waals surface area contributed by atoms with Crippen LogP contribution in [0.1, 0.15) is 16.5 Å². The molecule has 18 heavy (non-hydrogen) atoms. The van der Waals surface area contributed by atoms with Crippen molar-refractivity contribution in [1.82, 2.24) is 0 Å². The fourth-order valence-corrected chi connectivity index (χ4v) is 3.18. The van der Waals surface area contributed by atoms with Crippen molar-refractivity contribution < 1.29 is 9.47 Å². The molecule has 96 valence electrons. The molecule has 0 spiro atoms. The molecule has 0 saturated carbocycles. The molecule has 0 saturated heterocycles. The Balaban J connectivity index is 2.41. The molecule has 0 fully saturated rings. The van der Waals surface area contributed by atoms with Crippen molar-refractivity contribution in [3.05, 3.63) is 44.6 Å². The maximum atomic E-state index is 6.28. The first-order chi connectivity index (χ1) is 8.65. The van der Waals surface area contributed by atoms with E-state index in [0.29, 0.717) is 0 Å². The van der Waals surface area contributed by atoms with Gasteiger partial charge >= 0.3 is 0 Å². The van der Waals surface area contributed by atoms with Gasteiger partial charge in [0.1, 0.15) is 11.5 Å². The van der Waals surface area contributed by atoms with Gasteiger partial charge in [0.15, 0.2) is 0 Å². The molecule has 2 rings (SSSR count). The maximum absolute atomic E-state index is 6.28. The molecule has 2 aromatic rings. The molecule has 1 aromatic carbocycles. The van der Waals surface area contributed by atoms with Crippen LogP contribution in [0.15, 0.2) is 34.1 Å². The topological polar surface area (TPSA) is 44.5 Å². The molecule has 0 amide bonds. The summed E-state index contributed by atoms with van der Waals surface area (Å²) < 4.78 is 11.6. The van der Waals surface area contributed by atoms with Crippen molar-refractivity contribution in [2.75, 3.05) is 14.2 Å². The van der Waals surface area contributed by atoms with Crippen molar-refractivity contribution in [3.63, 3.8) is 0 Å². The van der Waals surface area contributed by atoms with Crippen molar-refractivity contribution in [2.45, 2.75) is 6.04 Å². The molecule has 1 atom stereocenters. The number of methoxy groups -OCH3 is 2. The molecule has 0 aliphatic carbocycles. The van der Waals surface area contributed by atoms with Crippen LogP contribution in [0.25, 0.3) is 0 Å². The van der Waals surface area contributed by atoms with E-state index in [0.717, 1.165) is 25.7 Å². The summed E-state index contributed by atoms with van der Waals surface area (Å²) >= 11 is 5.06. The normalized spacial score (nSPS) is 12.2. The highest BCUT2D eigenvalue weighted by atomic mass is 79.9. The lowest BCUT2D eigenvalue weighted by molar-refractivity contribution is 0.397. The molecule has 0 bridgehead atoms. The summed E-state index contributed by atoms with van der Waals surface area (Å²) in [6, 6.07) is 9.43. The van der Waals surface area contributed by atoms with E-state index in [-0.39, 0.29) is 6.04 Å². The zero-order chi connectivity index (χ0) is 13.1. The van der Waals surface area contributed by atoms with Gasteiger partial charge in [-0.3, -0.25) is 0 Å². The summed E-state index contributed by atoms with van der Waals surface area (Å²) in [7, 11) is 3.28. The van der Waals surface area contributed by atoms with Crippen LogP contribution >= 0.6 is 27.3 Å². The number of thiophene rings is 1. The van der Waals surface area contributed by atoms with Crippen molar-refractivity contribution in [2.24, 2.45) is 5.73 Å². The van der Waals surface area contributed by atoms with Gasteiger partial charge in [-0.15, -0.1) is 11.3 Å². The molecule has 1 unspecified atom stereocenters. The van der Waals surface area contributed by atoms with Gasteiger partial charge in [-0.1, -0.05) is 0 Å². The second kappa shape index (κ2) is 5.73. The Morgan fingerprint density at radius 2 is 1.94 bits per heavy atom. The molecule has 1 aromatic heterocycles. The van der Waals surface area contributed by atoms with E-state index in [1.165, 1.54) is 0 Å². The standard InChI is InChI=1S/C13H14BrNO2S/c1-16-8-3-4-10(17-2)9(7-8)13(15)11-5-6-12(14)18-11/h3-7,13H,15H2,1-2H3. The van der Waals surface area contributed by atoms with Crippen LogP contribution in [0.3, 0.4) is 0 Å². The minimum absolute atomic E-state index is 0.216. The summed E-state index contributed by atoms with van der Waals surface area (Å²) in [5.41, 5.74) is 7.21. The predicted octanol–water partition coefficient (Wildman–Crippen LogP) is 3.58. The molecule has 1 heterocycles. The third kappa shape index (κ3) is 2.68. The van der Waals surface area contributed by atoms with Gasteiger partial charge in [-0.05, 0) is 46.3 Å². The van der Waals surface area contributed by atoms with E-state index in [9.17, 15) is 0 Å². The third-order valence-electron chi connectivity index (χ3n) is 2.67. The SMILES string of the molecule is COc1ccc(OC)c(C(N)c2ccc(Br)s2)c1. The number of benzene rings is 1. The van der Waals surface area contributed by atoms with Crippen molar-refractivity contribution in [1.29, 1.82) is 0 Å². The Morgan fingerprint density at radius 3 is 2.50 bits per heavy atom. The van der Waals surface area contributed by atoms with Crippen LogP contribution in [0.5, 0.6) is 11.5 Å². The first kappa shape index (κ1) is 13.4. The second-order valence-corrected chi connectivity index (χ2v) is 6.22. The fraction of sp³-hybridized carbons (Fsp3) is 0.231. The molecular formula is C13H14BrNO2S. The van der Waals surface area contributed by atoms with E-state index in [2.05, 4.69) is 15.9 Å². The summed E-state index contributed by atoms with van der Waals surface area (Å²) in [6.07, 6.45) is 0. The minimum atomic E-state index is -0.216. The number of halogens is 1. The summed E-state index contributed by atoms with van der Waals surface area (Å²) in [6.45, 7) is 0. The molecule has 3 nitrogen and oxygen atoms in total. The van der Waals surface area contributed by atoms with E-state index in [4.69, 9.17) is 15.2 Å². The number of hydrogen-bond acceptors (Lipinski definition) is 4. The Labute approximate surface area is 119 Å². The highest BCUT2D eigenvalue weighted by molar-refractivity contribution is 9.11. The molecule has 2 N–H and O–H groups in total. The number of ether oxygens (including phenoxy) is 2. The van der Waals surface area contributed by atoms with Crippen LogP contribution in [-0.2, 0) is 0 Å². The Bertz CT molecular complexity index is 542. The fourth-order valence-electron chi connectivity index (χ4n) is 1.73. The van der Waals surface area contributed by atoms with E-state index < -0.39 is 0 Å². The predicted molar refractivity (Wildman–Crippen MR) is 77.6 cm³/mol. The Morgan fingerprint density at radius 1 is 1.17 bits per heavy atom. The van der Waals surface area contributed by atoms with Gasteiger partial charge < -0.3 is 15.2 Å². The van der Waals surface area contributed by atoms with E-state index >= 15 is 0 Å². The van der Waals surface area contributed by atoms with Gasteiger partial charge in [0.25, 0.3) is 0 Å². The van der Waals surface area contributed by atoms with Crippen molar-refractivity contribution in [3.8, 4) is 11.5 Å². The molecule has 0 radical (unpaired) electrons. The van der Waals surface area contributed by atoms with E-state index in [1.54, 1.807) is 25.6 Å². The lowest BCUT2D eigenvalue weighted by atomic mass is 10.0. The monoisotopic (exact) mass is 327 g/mol. The van der Waals surface area contributed by atoms with Gasteiger partial charge in [0.05, 0.1) is 24.0 Å². The van der Waals surface area contributed by atoms with Crippen LogP contribution in [0.2, 0.25) is 0 Å². The van der Waals surface area contributed by atoms with E-state index in [1.807, 2.05) is 30.3 Å². The largest absolute Gasteiger partial charge is 0.497 e. The number of rotatable bonds is 4. The Hall–Kier alpha value is -1.04. The zero-order valence-electron chi connectivity index (χ0n) is 10.1. The maximum Gasteiger partial charge on any atom is 0.124 e. The molecule has 0 aliphatic heterocycles. The Kier molecular flexibility index (Phi) is 4.27. The average molecular weight is 328 g/mol. The van der Waals surface area contributed by atoms with Crippen LogP contribution in [-0.4, -0.2) is 14.2 Å². The lowest BCUT2D eigenvalue weighted by Gasteiger charge is -2.15. The van der Waals surface area contributed by atoms with Gasteiger partial charge in [0.2, 0.25) is 0 Å².